The van der Waals surface area contributed by atoms with Crippen LogP contribution in [0.15, 0.2) is 78.2 Å². The number of amides is 1. The number of carbonyl (C=O) groups excluding carboxylic acids is 2. The van der Waals surface area contributed by atoms with Gasteiger partial charge in [-0.2, -0.15) is 0 Å². The van der Waals surface area contributed by atoms with Crippen molar-refractivity contribution >= 4 is 40.1 Å². The number of benzene rings is 3. The van der Waals surface area contributed by atoms with Crippen LogP contribution in [0.3, 0.4) is 0 Å². The van der Waals surface area contributed by atoms with E-state index in [4.69, 9.17) is 4.74 Å². The number of hydrogen-bond acceptors (Lipinski definition) is 5. The number of rotatable bonds is 4. The summed E-state index contributed by atoms with van der Waals surface area (Å²) in [6.07, 6.45) is 0. The van der Waals surface area contributed by atoms with Gasteiger partial charge in [-0.1, -0.05) is 30.3 Å². The Labute approximate surface area is 189 Å². The lowest BCUT2D eigenvalue weighted by molar-refractivity contribution is 0.102. The van der Waals surface area contributed by atoms with Crippen molar-refractivity contribution in [3.63, 3.8) is 0 Å². The van der Waals surface area contributed by atoms with Gasteiger partial charge in [-0.15, -0.1) is 11.3 Å². The molecule has 0 fully saturated rings. The highest BCUT2D eigenvalue weighted by atomic mass is 32.1. The molecule has 0 unspecified atom stereocenters. The van der Waals surface area contributed by atoms with Crippen LogP contribution in [-0.4, -0.2) is 11.7 Å². The summed E-state index contributed by atoms with van der Waals surface area (Å²) in [5, 5.41) is 8.11. The number of thiophene rings is 1. The second-order valence-electron chi connectivity index (χ2n) is 7.59. The molecular weight excluding hydrogens is 420 g/mol. The van der Waals surface area contributed by atoms with Crippen molar-refractivity contribution < 1.29 is 14.3 Å². The number of ketones is 1. The van der Waals surface area contributed by atoms with E-state index >= 15 is 0 Å². The normalized spacial score (nSPS) is 12.2. The van der Waals surface area contributed by atoms with E-state index in [1.807, 2.05) is 79.0 Å². The van der Waals surface area contributed by atoms with E-state index in [0.29, 0.717) is 34.7 Å². The quantitative estimate of drug-likeness (QED) is 0.398. The van der Waals surface area contributed by atoms with Crippen LogP contribution >= 0.6 is 11.3 Å². The molecule has 0 aliphatic carbocycles. The van der Waals surface area contributed by atoms with Crippen molar-refractivity contribution in [2.24, 2.45) is 0 Å². The lowest BCUT2D eigenvalue weighted by Crippen LogP contribution is -2.10. The minimum Gasteiger partial charge on any atom is -0.488 e. The lowest BCUT2D eigenvalue weighted by atomic mass is 9.99. The molecule has 0 bridgehead atoms. The van der Waals surface area contributed by atoms with Crippen molar-refractivity contribution in [2.75, 3.05) is 10.6 Å². The molecule has 0 radical (unpaired) electrons. The monoisotopic (exact) mass is 440 g/mol. The summed E-state index contributed by atoms with van der Waals surface area (Å²) in [4.78, 5) is 26.5. The van der Waals surface area contributed by atoms with E-state index < -0.39 is 0 Å². The maximum Gasteiger partial charge on any atom is 0.256 e. The standard InChI is InChI=1S/C26H20N2O3S/c1-16-11-18(15-32-16)26(30)28-20-7-4-6-19(12-20)27-21-9-10-23-24(13-21)31-14-17-5-2-3-8-22(17)25(23)29/h2-13,15,27H,14H2,1H3,(H,28,30). The van der Waals surface area contributed by atoms with Crippen molar-refractivity contribution in [1.82, 2.24) is 0 Å². The first-order chi connectivity index (χ1) is 15.6. The molecular formula is C26H20N2O3S. The van der Waals surface area contributed by atoms with Gasteiger partial charge in [0.25, 0.3) is 5.91 Å². The third-order valence-corrected chi connectivity index (χ3v) is 6.13. The smallest absolute Gasteiger partial charge is 0.256 e. The van der Waals surface area contributed by atoms with Gasteiger partial charge in [0.2, 0.25) is 0 Å². The van der Waals surface area contributed by atoms with Gasteiger partial charge in [0.15, 0.2) is 5.78 Å². The molecule has 0 atom stereocenters. The highest BCUT2D eigenvalue weighted by Gasteiger charge is 2.22. The number of hydrogen-bond donors (Lipinski definition) is 2. The van der Waals surface area contributed by atoms with Crippen LogP contribution in [0.25, 0.3) is 0 Å². The Morgan fingerprint density at radius 3 is 2.56 bits per heavy atom. The van der Waals surface area contributed by atoms with Crippen LogP contribution in [0, 0.1) is 6.92 Å². The van der Waals surface area contributed by atoms with Gasteiger partial charge in [0.05, 0.1) is 11.1 Å². The molecule has 32 heavy (non-hydrogen) atoms. The van der Waals surface area contributed by atoms with E-state index in [0.717, 1.165) is 21.8 Å². The van der Waals surface area contributed by atoms with Crippen LogP contribution in [0.5, 0.6) is 5.75 Å². The molecule has 2 N–H and O–H groups in total. The molecule has 4 aromatic rings. The fraction of sp³-hybridized carbons (Fsp3) is 0.0769. The zero-order valence-corrected chi connectivity index (χ0v) is 18.2. The van der Waals surface area contributed by atoms with Crippen molar-refractivity contribution in [2.45, 2.75) is 13.5 Å². The molecule has 1 amide bonds. The van der Waals surface area contributed by atoms with Gasteiger partial charge in [-0.25, -0.2) is 0 Å². The Morgan fingerprint density at radius 1 is 0.906 bits per heavy atom. The largest absolute Gasteiger partial charge is 0.488 e. The molecule has 2 heterocycles. The molecule has 6 heteroatoms. The van der Waals surface area contributed by atoms with Gasteiger partial charge < -0.3 is 15.4 Å². The summed E-state index contributed by atoms with van der Waals surface area (Å²) in [5.74, 6) is 0.379. The molecule has 1 aliphatic rings. The number of aryl methyl sites for hydroxylation is 1. The second kappa shape index (κ2) is 8.32. The Kier molecular flexibility index (Phi) is 5.21. The predicted octanol–water partition coefficient (Wildman–Crippen LogP) is 6.18. The first-order valence-electron chi connectivity index (χ1n) is 10.2. The first-order valence-corrected chi connectivity index (χ1v) is 11.1. The van der Waals surface area contributed by atoms with Crippen molar-refractivity contribution in [3.05, 3.63) is 105 Å². The van der Waals surface area contributed by atoms with Gasteiger partial charge in [0, 0.05) is 44.5 Å². The molecule has 1 aliphatic heterocycles. The number of ether oxygens (including phenoxy) is 1. The summed E-state index contributed by atoms with van der Waals surface area (Å²) in [7, 11) is 0. The number of carbonyl (C=O) groups is 2. The Morgan fingerprint density at radius 2 is 1.72 bits per heavy atom. The molecule has 0 spiro atoms. The fourth-order valence-corrected chi connectivity index (χ4v) is 4.37. The predicted molar refractivity (Wildman–Crippen MR) is 127 cm³/mol. The Bertz CT molecular complexity index is 1340. The van der Waals surface area contributed by atoms with E-state index in [2.05, 4.69) is 10.6 Å². The van der Waals surface area contributed by atoms with Crippen LogP contribution < -0.4 is 15.4 Å². The SMILES string of the molecule is Cc1cc(C(=O)Nc2cccc(Nc3ccc4c(c3)OCc3ccccc3C4=O)c2)cs1. The number of nitrogens with one attached hydrogen (secondary N) is 2. The average Bonchev–Trinajstić information content (AvgIpc) is 3.18. The Hall–Kier alpha value is -3.90. The highest BCUT2D eigenvalue weighted by Crippen LogP contribution is 2.32. The molecule has 5 rings (SSSR count). The van der Waals surface area contributed by atoms with Gasteiger partial charge in [-0.05, 0) is 43.3 Å². The van der Waals surface area contributed by atoms with Crippen molar-refractivity contribution in [1.29, 1.82) is 0 Å². The first kappa shape index (κ1) is 20.0. The van der Waals surface area contributed by atoms with Crippen LogP contribution in [0.4, 0.5) is 17.1 Å². The topological polar surface area (TPSA) is 67.4 Å². The minimum absolute atomic E-state index is 0.0342. The summed E-state index contributed by atoms with van der Waals surface area (Å²) >= 11 is 1.55. The highest BCUT2D eigenvalue weighted by molar-refractivity contribution is 7.10. The molecule has 3 aromatic carbocycles. The van der Waals surface area contributed by atoms with Crippen LogP contribution in [0.2, 0.25) is 0 Å². The molecule has 0 saturated carbocycles. The molecule has 1 aromatic heterocycles. The van der Waals surface area contributed by atoms with E-state index in [1.165, 1.54) is 0 Å². The van der Waals surface area contributed by atoms with E-state index in [1.54, 1.807) is 17.4 Å². The number of fused-ring (bicyclic) bond motifs is 2. The summed E-state index contributed by atoms with van der Waals surface area (Å²) in [5.41, 5.74) is 5.06. The third-order valence-electron chi connectivity index (χ3n) is 5.27. The lowest BCUT2D eigenvalue weighted by Gasteiger charge is -2.12. The summed E-state index contributed by atoms with van der Waals surface area (Å²) in [6.45, 7) is 2.32. The van der Waals surface area contributed by atoms with Gasteiger partial charge >= 0.3 is 0 Å². The molecule has 0 saturated heterocycles. The van der Waals surface area contributed by atoms with Crippen molar-refractivity contribution in [3.8, 4) is 5.75 Å². The fourth-order valence-electron chi connectivity index (χ4n) is 3.68. The van der Waals surface area contributed by atoms with Gasteiger partial charge in [0.1, 0.15) is 12.4 Å². The number of anilines is 3. The zero-order valence-electron chi connectivity index (χ0n) is 17.3. The second-order valence-corrected chi connectivity index (χ2v) is 8.71. The zero-order chi connectivity index (χ0) is 22.1. The van der Waals surface area contributed by atoms with Crippen LogP contribution in [0.1, 0.15) is 36.7 Å². The average molecular weight is 441 g/mol. The van der Waals surface area contributed by atoms with Crippen LogP contribution in [-0.2, 0) is 6.61 Å². The minimum atomic E-state index is -0.136. The van der Waals surface area contributed by atoms with E-state index in [-0.39, 0.29) is 11.7 Å². The summed E-state index contributed by atoms with van der Waals surface area (Å²) in [6, 6.07) is 22.4. The van der Waals surface area contributed by atoms with E-state index in [9.17, 15) is 9.59 Å². The maximum atomic E-state index is 12.9. The molecule has 5 nitrogen and oxygen atoms in total. The maximum absolute atomic E-state index is 12.9. The molecule has 158 valence electrons. The third kappa shape index (κ3) is 4.00. The summed E-state index contributed by atoms with van der Waals surface area (Å²) < 4.78 is 5.93. The Balaban J connectivity index is 1.35. The van der Waals surface area contributed by atoms with Gasteiger partial charge in [-0.3, -0.25) is 9.59 Å².